The van der Waals surface area contributed by atoms with Gasteiger partial charge in [0.15, 0.2) is 0 Å². The van der Waals surface area contributed by atoms with Crippen molar-refractivity contribution in [3.8, 4) is 0 Å². The number of rotatable bonds is 4. The quantitative estimate of drug-likeness (QED) is 0.882. The number of aryl methyl sites for hydroxylation is 1. The molecule has 18 heavy (non-hydrogen) atoms. The van der Waals surface area contributed by atoms with Gasteiger partial charge in [0.1, 0.15) is 17.6 Å². The van der Waals surface area contributed by atoms with Crippen molar-refractivity contribution in [1.29, 1.82) is 0 Å². The average Bonchev–Trinajstić information content (AvgIpc) is 2.76. The first-order chi connectivity index (χ1) is 8.50. The van der Waals surface area contributed by atoms with Gasteiger partial charge in [0.25, 0.3) is 0 Å². The smallest absolute Gasteiger partial charge is 0.248 e. The lowest BCUT2D eigenvalue weighted by Crippen LogP contribution is -2.27. The van der Waals surface area contributed by atoms with Gasteiger partial charge >= 0.3 is 0 Å². The Morgan fingerprint density at radius 2 is 2.28 bits per heavy atom. The Hall–Kier alpha value is -0.900. The van der Waals surface area contributed by atoms with E-state index in [4.69, 9.17) is 4.42 Å². The number of aliphatic hydroxyl groups is 1. The molecule has 1 saturated carbocycles. The van der Waals surface area contributed by atoms with Crippen LogP contribution in [0.2, 0.25) is 0 Å². The zero-order valence-corrected chi connectivity index (χ0v) is 10.7. The molecule has 2 nitrogen and oxygen atoms in total. The van der Waals surface area contributed by atoms with Crippen molar-refractivity contribution < 1.29 is 18.3 Å². The second-order valence-electron chi connectivity index (χ2n) is 5.23. The number of halogens is 2. The monoisotopic (exact) mass is 258 g/mol. The van der Waals surface area contributed by atoms with Crippen molar-refractivity contribution in [2.24, 2.45) is 5.92 Å². The zero-order valence-electron chi connectivity index (χ0n) is 10.7. The van der Waals surface area contributed by atoms with Crippen LogP contribution >= 0.6 is 0 Å². The van der Waals surface area contributed by atoms with Gasteiger partial charge in [-0.25, -0.2) is 8.78 Å². The topological polar surface area (TPSA) is 33.4 Å². The molecule has 102 valence electrons. The van der Waals surface area contributed by atoms with Crippen molar-refractivity contribution >= 4 is 0 Å². The standard InChI is InChI=1S/C14H20F2O2/c1-2-11-5-6-13(18-11)12(17)8-10-4-3-7-14(15,16)9-10/h5-6,10,12,17H,2-4,7-9H2,1H3. The molecule has 0 aromatic carbocycles. The highest BCUT2D eigenvalue weighted by molar-refractivity contribution is 5.09. The lowest BCUT2D eigenvalue weighted by Gasteiger charge is -2.29. The van der Waals surface area contributed by atoms with Crippen molar-refractivity contribution in [2.75, 3.05) is 0 Å². The molecule has 1 aliphatic carbocycles. The number of aliphatic hydroxyl groups excluding tert-OH is 1. The van der Waals surface area contributed by atoms with Crippen molar-refractivity contribution in [3.05, 3.63) is 23.7 Å². The van der Waals surface area contributed by atoms with Crippen LogP contribution in [0.15, 0.2) is 16.5 Å². The third kappa shape index (κ3) is 3.31. The highest BCUT2D eigenvalue weighted by atomic mass is 19.3. The van der Waals surface area contributed by atoms with E-state index in [1.165, 1.54) is 0 Å². The van der Waals surface area contributed by atoms with E-state index in [2.05, 4.69) is 0 Å². The molecule has 2 unspecified atom stereocenters. The van der Waals surface area contributed by atoms with Gasteiger partial charge in [-0.3, -0.25) is 0 Å². The van der Waals surface area contributed by atoms with Crippen LogP contribution in [0.5, 0.6) is 0 Å². The number of furan rings is 1. The summed E-state index contributed by atoms with van der Waals surface area (Å²) >= 11 is 0. The molecule has 0 amide bonds. The molecule has 1 aromatic heterocycles. The molecule has 0 spiro atoms. The fraction of sp³-hybridized carbons (Fsp3) is 0.714. The highest BCUT2D eigenvalue weighted by Crippen LogP contribution is 2.40. The summed E-state index contributed by atoms with van der Waals surface area (Å²) in [5.74, 6) is -1.35. The molecule has 1 fully saturated rings. The SMILES string of the molecule is CCc1ccc(C(O)CC2CCCC(F)(F)C2)o1. The van der Waals surface area contributed by atoms with Crippen LogP contribution in [0.3, 0.4) is 0 Å². The van der Waals surface area contributed by atoms with Crippen LogP contribution in [0, 0.1) is 5.92 Å². The fourth-order valence-electron chi connectivity index (χ4n) is 2.67. The minimum absolute atomic E-state index is 0.0136. The summed E-state index contributed by atoms with van der Waals surface area (Å²) in [5, 5.41) is 10.0. The minimum Gasteiger partial charge on any atom is -0.463 e. The molecular weight excluding hydrogens is 238 g/mol. The van der Waals surface area contributed by atoms with Crippen LogP contribution in [0.1, 0.15) is 56.7 Å². The Morgan fingerprint density at radius 1 is 1.50 bits per heavy atom. The van der Waals surface area contributed by atoms with E-state index in [0.29, 0.717) is 18.6 Å². The van der Waals surface area contributed by atoms with Crippen LogP contribution in [-0.4, -0.2) is 11.0 Å². The van der Waals surface area contributed by atoms with Gasteiger partial charge in [0.2, 0.25) is 5.92 Å². The summed E-state index contributed by atoms with van der Waals surface area (Å²) in [6.45, 7) is 1.97. The normalized spacial score (nSPS) is 25.0. The van der Waals surface area contributed by atoms with Crippen LogP contribution in [-0.2, 0) is 6.42 Å². The molecule has 2 rings (SSSR count). The van der Waals surface area contributed by atoms with Gasteiger partial charge < -0.3 is 9.52 Å². The van der Waals surface area contributed by atoms with E-state index < -0.39 is 12.0 Å². The Labute approximate surface area is 106 Å². The van der Waals surface area contributed by atoms with Crippen molar-refractivity contribution in [3.63, 3.8) is 0 Å². The largest absolute Gasteiger partial charge is 0.463 e. The van der Waals surface area contributed by atoms with Gasteiger partial charge in [-0.15, -0.1) is 0 Å². The summed E-state index contributed by atoms with van der Waals surface area (Å²) in [5.41, 5.74) is 0. The summed E-state index contributed by atoms with van der Waals surface area (Å²) in [6, 6.07) is 3.57. The molecule has 0 bridgehead atoms. The molecule has 1 aromatic rings. The summed E-state index contributed by atoms with van der Waals surface area (Å²) in [7, 11) is 0. The Bertz CT molecular complexity index is 387. The summed E-state index contributed by atoms with van der Waals surface area (Å²) in [6.07, 6.45) is 1.58. The maximum Gasteiger partial charge on any atom is 0.248 e. The number of hydrogen-bond acceptors (Lipinski definition) is 2. The lowest BCUT2D eigenvalue weighted by atomic mass is 9.83. The van der Waals surface area contributed by atoms with E-state index >= 15 is 0 Å². The minimum atomic E-state index is -2.56. The second kappa shape index (κ2) is 5.39. The average molecular weight is 258 g/mol. The predicted molar refractivity (Wildman–Crippen MR) is 64.6 cm³/mol. The maximum absolute atomic E-state index is 13.3. The molecule has 0 saturated heterocycles. The lowest BCUT2D eigenvalue weighted by molar-refractivity contribution is -0.0599. The Kier molecular flexibility index (Phi) is 4.05. The molecule has 1 heterocycles. The third-order valence-electron chi connectivity index (χ3n) is 3.66. The van der Waals surface area contributed by atoms with E-state index in [1.807, 2.05) is 13.0 Å². The number of hydrogen-bond donors (Lipinski definition) is 1. The Balaban J connectivity index is 1.92. The first kappa shape index (κ1) is 13.5. The molecule has 1 aliphatic rings. The molecule has 1 N–H and O–H groups in total. The summed E-state index contributed by atoms with van der Waals surface area (Å²) < 4.78 is 32.0. The van der Waals surface area contributed by atoms with Gasteiger partial charge in [-0.05, 0) is 37.3 Å². The Morgan fingerprint density at radius 3 is 2.89 bits per heavy atom. The molecule has 2 atom stereocenters. The van der Waals surface area contributed by atoms with Gasteiger partial charge in [-0.2, -0.15) is 0 Å². The molecule has 0 aliphatic heterocycles. The van der Waals surface area contributed by atoms with E-state index in [0.717, 1.165) is 18.6 Å². The van der Waals surface area contributed by atoms with E-state index in [9.17, 15) is 13.9 Å². The fourth-order valence-corrected chi connectivity index (χ4v) is 2.67. The van der Waals surface area contributed by atoms with Gasteiger partial charge in [0.05, 0.1) is 0 Å². The number of alkyl halides is 2. The van der Waals surface area contributed by atoms with E-state index in [1.54, 1.807) is 6.07 Å². The summed E-state index contributed by atoms with van der Waals surface area (Å²) in [4.78, 5) is 0. The van der Waals surface area contributed by atoms with Gasteiger partial charge in [-0.1, -0.05) is 6.92 Å². The second-order valence-corrected chi connectivity index (χ2v) is 5.23. The van der Waals surface area contributed by atoms with E-state index in [-0.39, 0.29) is 18.8 Å². The third-order valence-corrected chi connectivity index (χ3v) is 3.66. The van der Waals surface area contributed by atoms with Gasteiger partial charge in [0, 0.05) is 19.3 Å². The maximum atomic E-state index is 13.3. The molecule has 4 heteroatoms. The predicted octanol–water partition coefficient (Wildman–Crippen LogP) is 4.09. The van der Waals surface area contributed by atoms with Crippen molar-refractivity contribution in [1.82, 2.24) is 0 Å². The van der Waals surface area contributed by atoms with Crippen molar-refractivity contribution in [2.45, 2.75) is 57.5 Å². The first-order valence-corrected chi connectivity index (χ1v) is 6.64. The van der Waals surface area contributed by atoms with Crippen LogP contribution in [0.4, 0.5) is 8.78 Å². The van der Waals surface area contributed by atoms with Crippen LogP contribution < -0.4 is 0 Å². The molecule has 0 radical (unpaired) electrons. The van der Waals surface area contributed by atoms with Crippen LogP contribution in [0.25, 0.3) is 0 Å². The molecular formula is C14H20F2O2. The zero-order chi connectivity index (χ0) is 13.2. The first-order valence-electron chi connectivity index (χ1n) is 6.64. The highest BCUT2D eigenvalue weighted by Gasteiger charge is 2.37.